The van der Waals surface area contributed by atoms with Crippen LogP contribution >= 0.6 is 11.6 Å². The van der Waals surface area contributed by atoms with Crippen molar-refractivity contribution in [1.29, 1.82) is 0 Å². The molecule has 0 spiro atoms. The van der Waals surface area contributed by atoms with E-state index in [1.807, 2.05) is 0 Å². The third kappa shape index (κ3) is 2.99. The molecule has 22 heavy (non-hydrogen) atoms. The van der Waals surface area contributed by atoms with Crippen LogP contribution in [-0.2, 0) is 21.1 Å². The van der Waals surface area contributed by atoms with Gasteiger partial charge in [-0.1, -0.05) is 11.6 Å². The fourth-order valence-corrected chi connectivity index (χ4v) is 4.09. The summed E-state index contributed by atoms with van der Waals surface area (Å²) in [5.41, 5.74) is 0.796. The van der Waals surface area contributed by atoms with Gasteiger partial charge < -0.3 is 4.90 Å². The van der Waals surface area contributed by atoms with Crippen molar-refractivity contribution in [2.24, 2.45) is 0 Å². The number of benzene rings is 1. The van der Waals surface area contributed by atoms with Gasteiger partial charge in [0.2, 0.25) is 5.91 Å². The van der Waals surface area contributed by atoms with Crippen molar-refractivity contribution in [1.82, 2.24) is 0 Å². The highest BCUT2D eigenvalue weighted by molar-refractivity contribution is 7.93. The summed E-state index contributed by atoms with van der Waals surface area (Å²) < 4.78 is 38.6. The van der Waals surface area contributed by atoms with Crippen LogP contribution in [0.15, 0.2) is 12.1 Å². The van der Waals surface area contributed by atoms with Gasteiger partial charge in [-0.2, -0.15) is 0 Å². The molecule has 0 radical (unpaired) electrons. The highest BCUT2D eigenvalue weighted by Gasteiger charge is 2.36. The number of aryl methyl sites for hydroxylation is 1. The van der Waals surface area contributed by atoms with Gasteiger partial charge in [0.25, 0.3) is 0 Å². The third-order valence-corrected chi connectivity index (χ3v) is 6.69. The molecule has 0 saturated carbocycles. The number of sulfone groups is 1. The Bertz CT molecular complexity index is 703. The molecule has 1 heterocycles. The predicted octanol–water partition coefficient (Wildman–Crippen LogP) is 2.97. The number of hydrogen-bond donors (Lipinski definition) is 0. The Morgan fingerprint density at radius 1 is 1.32 bits per heavy atom. The van der Waals surface area contributed by atoms with Crippen molar-refractivity contribution < 1.29 is 17.6 Å². The molecule has 0 saturated heterocycles. The van der Waals surface area contributed by atoms with Gasteiger partial charge in [0.15, 0.2) is 9.84 Å². The molecule has 0 aliphatic carbocycles. The Balaban J connectivity index is 2.43. The Morgan fingerprint density at radius 2 is 1.95 bits per heavy atom. The standard InChI is InChI=1S/C15H19ClFNO3S/c1-9(2)22(20,21)10(3)15(19)18-6-4-5-11-7-12(16)8-13(17)14(11)18/h7-10H,4-6H2,1-3H3/t10-/m0/s1. The second kappa shape index (κ2) is 6.16. The number of anilines is 1. The first-order chi connectivity index (χ1) is 10.2. The van der Waals surface area contributed by atoms with Crippen molar-refractivity contribution in [3.63, 3.8) is 0 Å². The van der Waals surface area contributed by atoms with Crippen molar-refractivity contribution in [3.8, 4) is 0 Å². The summed E-state index contributed by atoms with van der Waals surface area (Å²) in [6.45, 7) is 4.73. The zero-order valence-electron chi connectivity index (χ0n) is 12.8. The highest BCUT2D eigenvalue weighted by Crippen LogP contribution is 2.33. The lowest BCUT2D eigenvalue weighted by Gasteiger charge is -2.32. The zero-order valence-corrected chi connectivity index (χ0v) is 14.3. The van der Waals surface area contributed by atoms with Crippen LogP contribution in [0, 0.1) is 5.82 Å². The number of fused-ring (bicyclic) bond motifs is 1. The molecule has 0 bridgehead atoms. The summed E-state index contributed by atoms with van der Waals surface area (Å²) in [6.07, 6.45) is 1.26. The summed E-state index contributed by atoms with van der Waals surface area (Å²) in [7, 11) is -3.59. The van der Waals surface area contributed by atoms with Gasteiger partial charge in [-0.3, -0.25) is 4.79 Å². The summed E-state index contributed by atoms with van der Waals surface area (Å²) in [6, 6.07) is 2.77. The molecule has 0 unspecified atom stereocenters. The molecule has 1 amide bonds. The van der Waals surface area contributed by atoms with Gasteiger partial charge in [-0.15, -0.1) is 0 Å². The number of hydrogen-bond acceptors (Lipinski definition) is 3. The van der Waals surface area contributed by atoms with Crippen LogP contribution in [0.25, 0.3) is 0 Å². The van der Waals surface area contributed by atoms with Crippen molar-refractivity contribution in [3.05, 3.63) is 28.5 Å². The van der Waals surface area contributed by atoms with Gasteiger partial charge in [0, 0.05) is 11.6 Å². The molecule has 1 aliphatic heterocycles. The van der Waals surface area contributed by atoms with Gasteiger partial charge in [0.1, 0.15) is 11.1 Å². The number of carbonyl (C=O) groups excluding carboxylic acids is 1. The van der Waals surface area contributed by atoms with E-state index in [1.165, 1.54) is 25.7 Å². The van der Waals surface area contributed by atoms with Crippen LogP contribution in [0.5, 0.6) is 0 Å². The van der Waals surface area contributed by atoms with Crippen LogP contribution in [0.2, 0.25) is 5.02 Å². The van der Waals surface area contributed by atoms with E-state index in [-0.39, 0.29) is 10.7 Å². The maximum Gasteiger partial charge on any atom is 0.245 e. The van der Waals surface area contributed by atoms with Crippen molar-refractivity contribution in [2.45, 2.75) is 44.1 Å². The lowest BCUT2D eigenvalue weighted by molar-refractivity contribution is -0.118. The summed E-state index contributed by atoms with van der Waals surface area (Å²) >= 11 is 5.85. The Labute approximate surface area is 135 Å². The van der Waals surface area contributed by atoms with Crippen LogP contribution in [-0.4, -0.2) is 31.4 Å². The Kier molecular flexibility index (Phi) is 4.82. The largest absolute Gasteiger partial charge is 0.308 e. The normalized spacial score (nSPS) is 16.5. The van der Waals surface area contributed by atoms with Gasteiger partial charge >= 0.3 is 0 Å². The SMILES string of the molecule is CC(C)S(=O)(=O)[C@@H](C)C(=O)N1CCCc2cc(Cl)cc(F)c21. The van der Waals surface area contributed by atoms with Crippen LogP contribution < -0.4 is 4.90 Å². The maximum atomic E-state index is 14.2. The quantitative estimate of drug-likeness (QED) is 0.844. The highest BCUT2D eigenvalue weighted by atomic mass is 35.5. The third-order valence-electron chi connectivity index (χ3n) is 3.97. The molecule has 1 aromatic carbocycles. The molecule has 0 N–H and O–H groups in total. The molecule has 1 atom stereocenters. The fraction of sp³-hybridized carbons (Fsp3) is 0.533. The van der Waals surface area contributed by atoms with Crippen molar-refractivity contribution >= 4 is 33.0 Å². The minimum absolute atomic E-state index is 0.159. The minimum Gasteiger partial charge on any atom is -0.308 e. The molecule has 7 heteroatoms. The number of halogens is 2. The maximum absolute atomic E-state index is 14.2. The Hall–Kier alpha value is -1.14. The zero-order chi connectivity index (χ0) is 16.7. The first kappa shape index (κ1) is 17.2. The van der Waals surface area contributed by atoms with E-state index in [9.17, 15) is 17.6 Å². The average Bonchev–Trinajstić information content (AvgIpc) is 2.44. The summed E-state index contributed by atoms with van der Waals surface area (Å²) in [4.78, 5) is 13.8. The summed E-state index contributed by atoms with van der Waals surface area (Å²) in [5.74, 6) is -1.18. The molecular weight excluding hydrogens is 329 g/mol. The van der Waals surface area contributed by atoms with Gasteiger partial charge in [0.05, 0.1) is 10.9 Å². The first-order valence-electron chi connectivity index (χ1n) is 7.18. The van der Waals surface area contributed by atoms with Gasteiger partial charge in [-0.25, -0.2) is 12.8 Å². The second-order valence-corrected chi connectivity index (χ2v) is 9.03. The van der Waals surface area contributed by atoms with Gasteiger partial charge in [-0.05, 0) is 51.3 Å². The number of nitrogens with zero attached hydrogens (tertiary/aromatic N) is 1. The van der Waals surface area contributed by atoms with E-state index < -0.39 is 32.1 Å². The topological polar surface area (TPSA) is 54.5 Å². The molecule has 2 rings (SSSR count). The van der Waals surface area contributed by atoms with Crippen LogP contribution in [0.4, 0.5) is 10.1 Å². The smallest absolute Gasteiger partial charge is 0.245 e. The van der Waals surface area contributed by atoms with E-state index in [1.54, 1.807) is 6.07 Å². The number of amides is 1. The lowest BCUT2D eigenvalue weighted by Crippen LogP contribution is -2.46. The minimum atomic E-state index is -3.59. The molecule has 0 fully saturated rings. The van der Waals surface area contributed by atoms with E-state index >= 15 is 0 Å². The van der Waals surface area contributed by atoms with Crippen LogP contribution in [0.3, 0.4) is 0 Å². The molecule has 122 valence electrons. The van der Waals surface area contributed by atoms with E-state index in [4.69, 9.17) is 11.6 Å². The average molecular weight is 348 g/mol. The predicted molar refractivity (Wildman–Crippen MR) is 85.6 cm³/mol. The molecule has 0 aromatic heterocycles. The van der Waals surface area contributed by atoms with Crippen molar-refractivity contribution in [2.75, 3.05) is 11.4 Å². The molecule has 1 aromatic rings. The molecule has 1 aliphatic rings. The first-order valence-corrected chi connectivity index (χ1v) is 9.17. The monoisotopic (exact) mass is 347 g/mol. The Morgan fingerprint density at radius 3 is 2.55 bits per heavy atom. The number of rotatable bonds is 3. The summed E-state index contributed by atoms with van der Waals surface area (Å²) in [5, 5.41) is -1.59. The lowest BCUT2D eigenvalue weighted by atomic mass is 10.0. The van der Waals surface area contributed by atoms with Crippen LogP contribution in [0.1, 0.15) is 32.8 Å². The molecule has 4 nitrogen and oxygen atoms in total. The van der Waals surface area contributed by atoms with E-state index in [0.717, 1.165) is 6.07 Å². The number of carbonyl (C=O) groups is 1. The van der Waals surface area contributed by atoms with E-state index in [0.29, 0.717) is 24.9 Å². The fourth-order valence-electron chi connectivity index (χ4n) is 2.64. The molecular formula is C15H19ClFNO3S. The van der Waals surface area contributed by atoms with E-state index in [2.05, 4.69) is 0 Å². The second-order valence-electron chi connectivity index (χ2n) is 5.77.